The van der Waals surface area contributed by atoms with Crippen LogP contribution in [-0.2, 0) is 11.1 Å². The minimum atomic E-state index is -1.88. The van der Waals surface area contributed by atoms with Crippen molar-refractivity contribution >= 4 is 27.5 Å². The summed E-state index contributed by atoms with van der Waals surface area (Å²) in [6.07, 6.45) is 0. The van der Waals surface area contributed by atoms with Crippen molar-refractivity contribution in [3.63, 3.8) is 0 Å². The van der Waals surface area contributed by atoms with E-state index in [4.69, 9.17) is 4.55 Å². The van der Waals surface area contributed by atoms with Crippen LogP contribution < -0.4 is 5.32 Å². The molecule has 2 N–H and O–H groups in total. The van der Waals surface area contributed by atoms with Gasteiger partial charge in [-0.25, -0.2) is 4.21 Å². The molecule has 1 unspecified atom stereocenters. The van der Waals surface area contributed by atoms with Crippen molar-refractivity contribution in [2.24, 2.45) is 0 Å². The fraction of sp³-hybridized carbons (Fsp3) is 0.111. The highest BCUT2D eigenvalue weighted by Crippen LogP contribution is 2.16. The van der Waals surface area contributed by atoms with Gasteiger partial charge in [-0.3, -0.25) is 0 Å². The summed E-state index contributed by atoms with van der Waals surface area (Å²) in [5, 5.41) is 5.16. The van der Waals surface area contributed by atoms with Crippen LogP contribution in [0.3, 0.4) is 0 Å². The van der Waals surface area contributed by atoms with Gasteiger partial charge in [0, 0.05) is 12.7 Å². The molecule has 0 bridgehead atoms. The lowest BCUT2D eigenvalue weighted by atomic mass is 10.1. The van der Waals surface area contributed by atoms with Gasteiger partial charge >= 0.3 is 0 Å². The van der Waals surface area contributed by atoms with Crippen LogP contribution in [0.25, 0.3) is 10.8 Å². The van der Waals surface area contributed by atoms with Gasteiger partial charge in [-0.15, -0.1) is 0 Å². The lowest BCUT2D eigenvalue weighted by Gasteiger charge is -2.01. The monoisotopic (exact) mass is 313 g/mol. The van der Waals surface area contributed by atoms with E-state index in [9.17, 15) is 4.21 Å². The number of rotatable bonds is 2. The molecule has 0 aromatic heterocycles. The zero-order valence-corrected chi connectivity index (χ0v) is 13.4. The largest absolute Gasteiger partial charge is 0.388 e. The molecule has 3 aromatic rings. The Morgan fingerprint density at radius 3 is 2.14 bits per heavy atom. The molecule has 0 saturated heterocycles. The average Bonchev–Trinajstić information content (AvgIpc) is 2.55. The number of hydrogen-bond donors (Lipinski definition) is 2. The maximum absolute atomic E-state index is 10.8. The van der Waals surface area contributed by atoms with Crippen molar-refractivity contribution in [1.82, 2.24) is 0 Å². The van der Waals surface area contributed by atoms with Gasteiger partial charge in [-0.2, -0.15) is 0 Å². The van der Waals surface area contributed by atoms with E-state index in [2.05, 4.69) is 24.4 Å². The second kappa shape index (κ2) is 7.73. The van der Waals surface area contributed by atoms with Crippen molar-refractivity contribution < 1.29 is 8.76 Å². The highest BCUT2D eigenvalue weighted by molar-refractivity contribution is 7.79. The van der Waals surface area contributed by atoms with Gasteiger partial charge in [0.25, 0.3) is 0 Å². The van der Waals surface area contributed by atoms with E-state index >= 15 is 0 Å². The molecule has 0 radical (unpaired) electrons. The molecule has 0 aliphatic rings. The summed E-state index contributed by atoms with van der Waals surface area (Å²) in [6, 6.07) is 21.2. The maximum Gasteiger partial charge on any atom is 0.186 e. The van der Waals surface area contributed by atoms with Crippen LogP contribution in [0.1, 0.15) is 5.56 Å². The minimum absolute atomic E-state index is 0.443. The predicted molar refractivity (Wildman–Crippen MR) is 93.7 cm³/mol. The highest BCUT2D eigenvalue weighted by Gasteiger charge is 1.99. The van der Waals surface area contributed by atoms with Gasteiger partial charge in [0.1, 0.15) is 0 Å². The standard InChI is InChI=1S/C10H8O2S.C8H11N/c11-13(12)10-6-5-8-3-1-2-4-9(8)7-10;1-7-5-3-4-6-8(7)9-2/h1-7H,(H,11,12);3-6,9H,1-2H3. The molecule has 0 saturated carbocycles. The van der Waals surface area contributed by atoms with Gasteiger partial charge in [0.2, 0.25) is 0 Å². The number of anilines is 1. The summed E-state index contributed by atoms with van der Waals surface area (Å²) >= 11 is -1.88. The summed E-state index contributed by atoms with van der Waals surface area (Å²) in [5.41, 5.74) is 2.50. The van der Waals surface area contributed by atoms with E-state index in [1.54, 1.807) is 12.1 Å². The summed E-state index contributed by atoms with van der Waals surface area (Å²) in [5.74, 6) is 0. The molecule has 0 heterocycles. The van der Waals surface area contributed by atoms with Crippen LogP contribution in [-0.4, -0.2) is 15.8 Å². The first-order valence-electron chi connectivity index (χ1n) is 6.95. The van der Waals surface area contributed by atoms with Crippen LogP contribution in [0.15, 0.2) is 71.6 Å². The zero-order valence-electron chi connectivity index (χ0n) is 12.6. The average molecular weight is 313 g/mol. The maximum atomic E-state index is 10.8. The Morgan fingerprint density at radius 1 is 0.909 bits per heavy atom. The van der Waals surface area contributed by atoms with E-state index in [-0.39, 0.29) is 0 Å². The summed E-state index contributed by atoms with van der Waals surface area (Å²) in [7, 11) is 1.93. The molecule has 0 spiro atoms. The summed E-state index contributed by atoms with van der Waals surface area (Å²) in [6.45, 7) is 2.09. The van der Waals surface area contributed by atoms with Crippen molar-refractivity contribution in [3.8, 4) is 0 Å². The first-order valence-corrected chi connectivity index (χ1v) is 8.05. The van der Waals surface area contributed by atoms with E-state index in [0.29, 0.717) is 4.90 Å². The van der Waals surface area contributed by atoms with Gasteiger partial charge in [-0.05, 0) is 41.5 Å². The number of para-hydroxylation sites is 1. The number of nitrogens with one attached hydrogen (secondary N) is 1. The second-order valence-electron chi connectivity index (χ2n) is 4.82. The third-order valence-corrected chi connectivity index (χ3v) is 3.99. The lowest BCUT2D eigenvalue weighted by Crippen LogP contribution is -1.89. The van der Waals surface area contributed by atoms with Crippen molar-refractivity contribution in [3.05, 3.63) is 72.3 Å². The topological polar surface area (TPSA) is 49.3 Å². The molecule has 4 heteroatoms. The van der Waals surface area contributed by atoms with E-state index in [1.165, 1.54) is 11.3 Å². The Balaban J connectivity index is 0.000000172. The van der Waals surface area contributed by atoms with Gasteiger partial charge in [0.15, 0.2) is 11.1 Å². The highest BCUT2D eigenvalue weighted by atomic mass is 32.2. The molecule has 114 valence electrons. The predicted octanol–water partition coefficient (Wildman–Crippen LogP) is 4.46. The smallest absolute Gasteiger partial charge is 0.186 e. The van der Waals surface area contributed by atoms with Gasteiger partial charge in [-0.1, -0.05) is 48.5 Å². The Bertz CT molecular complexity index is 787. The molecular weight excluding hydrogens is 294 g/mol. The van der Waals surface area contributed by atoms with Gasteiger partial charge < -0.3 is 9.87 Å². The van der Waals surface area contributed by atoms with Crippen molar-refractivity contribution in [1.29, 1.82) is 0 Å². The Labute approximate surface area is 133 Å². The molecular formula is C18H19NO2S. The number of aryl methyl sites for hydroxylation is 1. The quantitative estimate of drug-likeness (QED) is 0.687. The van der Waals surface area contributed by atoms with Crippen LogP contribution in [0.2, 0.25) is 0 Å². The summed E-state index contributed by atoms with van der Waals surface area (Å²) < 4.78 is 19.6. The third kappa shape index (κ3) is 4.16. The Hall–Kier alpha value is -2.17. The molecule has 3 rings (SSSR count). The molecule has 1 atom stereocenters. The molecule has 3 aromatic carbocycles. The summed E-state index contributed by atoms with van der Waals surface area (Å²) in [4.78, 5) is 0.443. The fourth-order valence-electron chi connectivity index (χ4n) is 2.13. The third-order valence-electron chi connectivity index (χ3n) is 3.34. The fourth-order valence-corrected chi connectivity index (χ4v) is 2.54. The zero-order chi connectivity index (χ0) is 15.9. The molecule has 3 nitrogen and oxygen atoms in total. The molecule has 0 aliphatic heterocycles. The minimum Gasteiger partial charge on any atom is -0.388 e. The molecule has 0 amide bonds. The number of benzene rings is 3. The molecule has 22 heavy (non-hydrogen) atoms. The molecule has 0 aliphatic carbocycles. The van der Waals surface area contributed by atoms with Crippen LogP contribution in [0.4, 0.5) is 5.69 Å². The molecule has 0 fully saturated rings. The first-order chi connectivity index (χ1) is 10.6. The normalized spacial score (nSPS) is 11.4. The number of hydrogen-bond acceptors (Lipinski definition) is 2. The van der Waals surface area contributed by atoms with Crippen LogP contribution in [0, 0.1) is 6.92 Å². The van der Waals surface area contributed by atoms with Crippen molar-refractivity contribution in [2.45, 2.75) is 11.8 Å². The second-order valence-corrected chi connectivity index (χ2v) is 5.79. The van der Waals surface area contributed by atoms with E-state index < -0.39 is 11.1 Å². The number of fused-ring (bicyclic) bond motifs is 1. The first kappa shape index (κ1) is 16.2. The lowest BCUT2D eigenvalue weighted by molar-refractivity contribution is 0.564. The van der Waals surface area contributed by atoms with Crippen LogP contribution >= 0.6 is 0 Å². The van der Waals surface area contributed by atoms with E-state index in [1.807, 2.05) is 49.5 Å². The van der Waals surface area contributed by atoms with E-state index in [0.717, 1.165) is 10.8 Å². The van der Waals surface area contributed by atoms with Crippen LogP contribution in [0.5, 0.6) is 0 Å². The Kier molecular flexibility index (Phi) is 5.69. The SMILES string of the molecule is CNc1ccccc1C.O=S(O)c1ccc2ccccc2c1. The van der Waals surface area contributed by atoms with Gasteiger partial charge in [0.05, 0.1) is 4.90 Å². The van der Waals surface area contributed by atoms with Crippen molar-refractivity contribution in [2.75, 3.05) is 12.4 Å². The Morgan fingerprint density at radius 2 is 1.55 bits per heavy atom.